The molecule has 1 heterocycles. The lowest BCUT2D eigenvalue weighted by Gasteiger charge is -2.22. The van der Waals surface area contributed by atoms with Crippen LogP contribution in [0.5, 0.6) is 11.5 Å². The van der Waals surface area contributed by atoms with Crippen LogP contribution in [0.3, 0.4) is 0 Å². The fourth-order valence-electron chi connectivity index (χ4n) is 3.49. The third-order valence-electron chi connectivity index (χ3n) is 4.85. The molecule has 1 unspecified atom stereocenters. The number of rotatable bonds is 3. The summed E-state index contributed by atoms with van der Waals surface area (Å²) in [5.41, 5.74) is 3.62. The van der Waals surface area contributed by atoms with Crippen molar-refractivity contribution < 1.29 is 14.3 Å². The molecule has 0 spiro atoms. The lowest BCUT2D eigenvalue weighted by atomic mass is 10.0. The summed E-state index contributed by atoms with van der Waals surface area (Å²) in [5.74, 6) is 1.68. The second kappa shape index (κ2) is 6.19. The van der Waals surface area contributed by atoms with Crippen LogP contribution in [0, 0.1) is 5.92 Å². The van der Waals surface area contributed by atoms with Gasteiger partial charge in [0.05, 0.1) is 6.04 Å². The fourth-order valence-corrected chi connectivity index (χ4v) is 3.49. The van der Waals surface area contributed by atoms with Crippen molar-refractivity contribution in [2.24, 2.45) is 5.92 Å². The molecule has 2 aromatic rings. The van der Waals surface area contributed by atoms with Crippen LogP contribution in [-0.2, 0) is 17.6 Å². The van der Waals surface area contributed by atoms with E-state index in [-0.39, 0.29) is 17.9 Å². The molecule has 0 aromatic heterocycles. The van der Waals surface area contributed by atoms with Crippen molar-refractivity contribution in [1.29, 1.82) is 0 Å². The Morgan fingerprint density at radius 1 is 1.04 bits per heavy atom. The van der Waals surface area contributed by atoms with E-state index in [4.69, 9.17) is 9.47 Å². The van der Waals surface area contributed by atoms with Gasteiger partial charge in [-0.2, -0.15) is 0 Å². The number of nitrogens with one attached hydrogen (secondary N) is 1. The molecule has 0 radical (unpaired) electrons. The summed E-state index contributed by atoms with van der Waals surface area (Å²) in [7, 11) is 0. The molecule has 4 heteroatoms. The van der Waals surface area contributed by atoms with Crippen molar-refractivity contribution in [2.45, 2.75) is 25.8 Å². The van der Waals surface area contributed by atoms with E-state index in [9.17, 15) is 4.79 Å². The molecule has 124 valence electrons. The highest BCUT2D eigenvalue weighted by molar-refractivity contribution is 5.80. The molecule has 1 amide bonds. The zero-order chi connectivity index (χ0) is 16.5. The van der Waals surface area contributed by atoms with Gasteiger partial charge in [0.15, 0.2) is 11.5 Å². The molecule has 0 bridgehead atoms. The number of hydrogen-bond acceptors (Lipinski definition) is 3. The number of amides is 1. The van der Waals surface area contributed by atoms with E-state index in [1.807, 2.05) is 37.3 Å². The van der Waals surface area contributed by atoms with Crippen molar-refractivity contribution in [3.8, 4) is 11.5 Å². The van der Waals surface area contributed by atoms with E-state index < -0.39 is 0 Å². The minimum atomic E-state index is -0.0583. The number of carbonyl (C=O) groups excluding carboxylic acids is 1. The summed E-state index contributed by atoms with van der Waals surface area (Å²) in [6.07, 6.45) is 1.66. The average molecular weight is 323 g/mol. The maximum atomic E-state index is 12.6. The highest BCUT2D eigenvalue weighted by Crippen LogP contribution is 2.33. The molecule has 2 aromatic carbocycles. The monoisotopic (exact) mass is 323 g/mol. The Bertz CT molecular complexity index is 746. The van der Waals surface area contributed by atoms with Gasteiger partial charge in [-0.15, -0.1) is 0 Å². The molecular formula is C20H21NO3. The standard InChI is InChI=1S/C20H21NO3/c1-13(14-6-7-18-19(12-14)24-9-8-23-18)21-20(22)17-10-15-4-2-3-5-16(15)11-17/h2-7,12-13,17H,8-11H2,1H3,(H,21,22). The first-order chi connectivity index (χ1) is 11.7. The predicted molar refractivity (Wildman–Crippen MR) is 91.3 cm³/mol. The van der Waals surface area contributed by atoms with Gasteiger partial charge in [0.1, 0.15) is 13.2 Å². The molecule has 0 saturated heterocycles. The quantitative estimate of drug-likeness (QED) is 0.944. The summed E-state index contributed by atoms with van der Waals surface area (Å²) in [6.45, 7) is 3.16. The van der Waals surface area contributed by atoms with Crippen LogP contribution in [0.4, 0.5) is 0 Å². The Balaban J connectivity index is 1.43. The summed E-state index contributed by atoms with van der Waals surface area (Å²) < 4.78 is 11.2. The fraction of sp³-hybridized carbons (Fsp3) is 0.350. The Hall–Kier alpha value is -2.49. The van der Waals surface area contributed by atoms with Gasteiger partial charge < -0.3 is 14.8 Å². The zero-order valence-electron chi connectivity index (χ0n) is 13.7. The van der Waals surface area contributed by atoms with Gasteiger partial charge in [-0.3, -0.25) is 4.79 Å². The zero-order valence-corrected chi connectivity index (χ0v) is 13.7. The van der Waals surface area contributed by atoms with E-state index in [0.717, 1.165) is 29.9 Å². The number of hydrogen-bond donors (Lipinski definition) is 1. The van der Waals surface area contributed by atoms with Gasteiger partial charge in [0.2, 0.25) is 5.91 Å². The Kier molecular flexibility index (Phi) is 3.89. The van der Waals surface area contributed by atoms with Crippen molar-refractivity contribution >= 4 is 5.91 Å². The first-order valence-electron chi connectivity index (χ1n) is 8.47. The van der Waals surface area contributed by atoms with Gasteiger partial charge in [0.25, 0.3) is 0 Å². The van der Waals surface area contributed by atoms with Gasteiger partial charge >= 0.3 is 0 Å². The Labute approximate surface area is 141 Å². The molecule has 4 rings (SSSR count). The van der Waals surface area contributed by atoms with E-state index in [2.05, 4.69) is 17.4 Å². The normalized spacial score (nSPS) is 17.2. The summed E-state index contributed by atoms with van der Waals surface area (Å²) in [6, 6.07) is 14.1. The molecule has 1 N–H and O–H groups in total. The molecule has 4 nitrogen and oxygen atoms in total. The average Bonchev–Trinajstić information content (AvgIpc) is 3.05. The molecular weight excluding hydrogens is 302 g/mol. The van der Waals surface area contributed by atoms with Crippen molar-refractivity contribution in [3.63, 3.8) is 0 Å². The maximum absolute atomic E-state index is 12.6. The Morgan fingerprint density at radius 2 is 1.71 bits per heavy atom. The van der Waals surface area contributed by atoms with Gasteiger partial charge in [0, 0.05) is 5.92 Å². The lowest BCUT2D eigenvalue weighted by Crippen LogP contribution is -2.33. The molecule has 1 atom stereocenters. The topological polar surface area (TPSA) is 47.6 Å². The molecule has 0 fully saturated rings. The molecule has 2 aliphatic rings. The second-order valence-electron chi connectivity index (χ2n) is 6.51. The number of benzene rings is 2. The van der Waals surface area contributed by atoms with Crippen molar-refractivity contribution in [2.75, 3.05) is 13.2 Å². The van der Waals surface area contributed by atoms with Crippen LogP contribution in [0.2, 0.25) is 0 Å². The second-order valence-corrected chi connectivity index (χ2v) is 6.51. The molecule has 1 aliphatic heterocycles. The van der Waals surface area contributed by atoms with Gasteiger partial charge in [-0.25, -0.2) is 0 Å². The number of carbonyl (C=O) groups is 1. The van der Waals surface area contributed by atoms with Crippen LogP contribution in [-0.4, -0.2) is 19.1 Å². The summed E-state index contributed by atoms with van der Waals surface area (Å²) >= 11 is 0. The molecule has 1 aliphatic carbocycles. The minimum Gasteiger partial charge on any atom is -0.486 e. The van der Waals surface area contributed by atoms with Crippen LogP contribution in [0.25, 0.3) is 0 Å². The van der Waals surface area contributed by atoms with E-state index in [0.29, 0.717) is 13.2 Å². The SMILES string of the molecule is CC(NC(=O)C1Cc2ccccc2C1)c1ccc2c(c1)OCCO2. The summed E-state index contributed by atoms with van der Waals surface area (Å²) in [5, 5.41) is 3.14. The highest BCUT2D eigenvalue weighted by atomic mass is 16.6. The maximum Gasteiger partial charge on any atom is 0.224 e. The smallest absolute Gasteiger partial charge is 0.224 e. The van der Waals surface area contributed by atoms with Gasteiger partial charge in [-0.05, 0) is 48.6 Å². The largest absolute Gasteiger partial charge is 0.486 e. The number of fused-ring (bicyclic) bond motifs is 2. The van der Waals surface area contributed by atoms with Crippen LogP contribution >= 0.6 is 0 Å². The predicted octanol–water partition coefficient (Wildman–Crippen LogP) is 3.05. The lowest BCUT2D eigenvalue weighted by molar-refractivity contribution is -0.125. The van der Waals surface area contributed by atoms with E-state index >= 15 is 0 Å². The molecule has 24 heavy (non-hydrogen) atoms. The summed E-state index contributed by atoms with van der Waals surface area (Å²) in [4.78, 5) is 12.6. The third-order valence-corrected chi connectivity index (χ3v) is 4.85. The van der Waals surface area contributed by atoms with Crippen LogP contribution < -0.4 is 14.8 Å². The number of ether oxygens (including phenoxy) is 2. The highest BCUT2D eigenvalue weighted by Gasteiger charge is 2.28. The van der Waals surface area contributed by atoms with Gasteiger partial charge in [-0.1, -0.05) is 30.3 Å². The van der Waals surface area contributed by atoms with E-state index in [1.165, 1.54) is 11.1 Å². The molecule has 0 saturated carbocycles. The van der Waals surface area contributed by atoms with Crippen LogP contribution in [0.1, 0.15) is 29.7 Å². The third kappa shape index (κ3) is 2.84. The van der Waals surface area contributed by atoms with Crippen LogP contribution in [0.15, 0.2) is 42.5 Å². The minimum absolute atomic E-state index is 0.0297. The van der Waals surface area contributed by atoms with E-state index in [1.54, 1.807) is 0 Å². The first kappa shape index (κ1) is 15.1. The van der Waals surface area contributed by atoms with Crippen molar-refractivity contribution in [1.82, 2.24) is 5.32 Å². The Morgan fingerprint density at radius 3 is 2.42 bits per heavy atom. The first-order valence-corrected chi connectivity index (χ1v) is 8.47. The van der Waals surface area contributed by atoms with Crippen molar-refractivity contribution in [3.05, 3.63) is 59.2 Å².